The molecule has 116 valence electrons. The summed E-state index contributed by atoms with van der Waals surface area (Å²) in [5.74, 6) is 0.745. The van der Waals surface area contributed by atoms with Crippen molar-refractivity contribution in [3.05, 3.63) is 28.2 Å². The molecule has 2 N–H and O–H groups in total. The van der Waals surface area contributed by atoms with Gasteiger partial charge in [0, 0.05) is 29.2 Å². The van der Waals surface area contributed by atoms with Crippen LogP contribution < -0.4 is 10.5 Å². The molecule has 1 amide bonds. The number of halogens is 1. The molecule has 0 saturated carbocycles. The lowest BCUT2D eigenvalue weighted by atomic mass is 10.1. The van der Waals surface area contributed by atoms with E-state index in [4.69, 9.17) is 10.5 Å². The maximum absolute atomic E-state index is 12.2. The molecule has 1 fully saturated rings. The van der Waals surface area contributed by atoms with Crippen LogP contribution in [0, 0.1) is 0 Å². The summed E-state index contributed by atoms with van der Waals surface area (Å²) in [7, 11) is 0. The predicted molar refractivity (Wildman–Crippen MR) is 87.3 cm³/mol. The van der Waals surface area contributed by atoms with E-state index in [9.17, 15) is 4.79 Å². The fraction of sp³-hybridized carbons (Fsp3) is 0.562. The highest BCUT2D eigenvalue weighted by Gasteiger charge is 2.17. The first kappa shape index (κ1) is 16.3. The summed E-state index contributed by atoms with van der Waals surface area (Å²) < 4.78 is 6.65. The molecule has 21 heavy (non-hydrogen) atoms. The first-order valence-corrected chi connectivity index (χ1v) is 8.33. The van der Waals surface area contributed by atoms with Crippen LogP contribution >= 0.6 is 15.9 Å². The van der Waals surface area contributed by atoms with Gasteiger partial charge in [0.2, 0.25) is 0 Å². The first-order chi connectivity index (χ1) is 10.1. The molecule has 1 atom stereocenters. The van der Waals surface area contributed by atoms with E-state index in [2.05, 4.69) is 15.9 Å². The van der Waals surface area contributed by atoms with E-state index in [1.54, 1.807) is 0 Å². The first-order valence-electron chi connectivity index (χ1n) is 7.53. The third-order valence-electron chi connectivity index (χ3n) is 3.78. The number of ether oxygens (including phenoxy) is 1. The molecular weight excluding hydrogens is 332 g/mol. The summed E-state index contributed by atoms with van der Waals surface area (Å²) >= 11 is 3.42. The van der Waals surface area contributed by atoms with Gasteiger partial charge in [-0.1, -0.05) is 34.8 Å². The number of nitrogens with two attached hydrogens (primary N) is 1. The standard InChI is InChI=1S/C16H23BrN2O2/c1-12(18)14-7-6-13(17)10-15(14)21-11-16(20)19-8-4-2-3-5-9-19/h6-7,10,12H,2-5,8-9,11,18H2,1H3/t12-/m0/s1. The molecular formula is C16H23BrN2O2. The van der Waals surface area contributed by atoms with Gasteiger partial charge >= 0.3 is 0 Å². The number of benzene rings is 1. The Hall–Kier alpha value is -1.07. The van der Waals surface area contributed by atoms with Gasteiger partial charge < -0.3 is 15.4 Å². The van der Waals surface area contributed by atoms with E-state index in [1.807, 2.05) is 30.0 Å². The minimum absolute atomic E-state index is 0.0625. The summed E-state index contributed by atoms with van der Waals surface area (Å²) in [6.07, 6.45) is 4.61. The Labute approximate surface area is 134 Å². The van der Waals surface area contributed by atoms with Gasteiger partial charge in [0.05, 0.1) is 0 Å². The largest absolute Gasteiger partial charge is 0.483 e. The quantitative estimate of drug-likeness (QED) is 0.902. The van der Waals surface area contributed by atoms with Crippen molar-refractivity contribution < 1.29 is 9.53 Å². The Morgan fingerprint density at radius 3 is 2.62 bits per heavy atom. The predicted octanol–water partition coefficient (Wildman–Crippen LogP) is 3.25. The Kier molecular flexibility index (Phi) is 6.06. The summed E-state index contributed by atoms with van der Waals surface area (Å²) in [6.45, 7) is 3.69. The highest BCUT2D eigenvalue weighted by atomic mass is 79.9. The highest BCUT2D eigenvalue weighted by molar-refractivity contribution is 9.10. The average molecular weight is 355 g/mol. The molecule has 1 aliphatic heterocycles. The fourth-order valence-electron chi connectivity index (χ4n) is 2.56. The van der Waals surface area contributed by atoms with Crippen molar-refractivity contribution in [1.29, 1.82) is 0 Å². The Balaban J connectivity index is 1.98. The van der Waals surface area contributed by atoms with Crippen molar-refractivity contribution >= 4 is 21.8 Å². The van der Waals surface area contributed by atoms with Crippen molar-refractivity contribution in [2.24, 2.45) is 5.73 Å². The molecule has 1 heterocycles. The lowest BCUT2D eigenvalue weighted by Gasteiger charge is -2.21. The minimum atomic E-state index is -0.124. The lowest BCUT2D eigenvalue weighted by molar-refractivity contribution is -0.133. The Bertz CT molecular complexity index is 483. The minimum Gasteiger partial charge on any atom is -0.483 e. The van der Waals surface area contributed by atoms with Crippen LogP contribution in [0.25, 0.3) is 0 Å². The van der Waals surface area contributed by atoms with Crippen LogP contribution in [0.2, 0.25) is 0 Å². The number of amides is 1. The summed E-state index contributed by atoms with van der Waals surface area (Å²) in [5, 5.41) is 0. The smallest absolute Gasteiger partial charge is 0.260 e. The Morgan fingerprint density at radius 1 is 1.33 bits per heavy atom. The van der Waals surface area contributed by atoms with E-state index >= 15 is 0 Å². The van der Waals surface area contributed by atoms with Crippen molar-refractivity contribution in [1.82, 2.24) is 4.90 Å². The van der Waals surface area contributed by atoms with Crippen molar-refractivity contribution in [3.8, 4) is 5.75 Å². The maximum atomic E-state index is 12.2. The maximum Gasteiger partial charge on any atom is 0.260 e. The summed E-state index contributed by atoms with van der Waals surface area (Å²) in [4.78, 5) is 14.2. The number of nitrogens with zero attached hydrogens (tertiary/aromatic N) is 1. The molecule has 0 unspecified atom stereocenters. The molecule has 0 radical (unpaired) electrons. The molecule has 4 nitrogen and oxygen atoms in total. The van der Waals surface area contributed by atoms with Crippen LogP contribution in [0.5, 0.6) is 5.75 Å². The van der Waals surface area contributed by atoms with E-state index in [1.165, 1.54) is 12.8 Å². The third-order valence-corrected chi connectivity index (χ3v) is 4.27. The molecule has 0 aromatic heterocycles. The molecule has 1 aromatic rings. The van der Waals surface area contributed by atoms with Gasteiger partial charge in [-0.25, -0.2) is 0 Å². The van der Waals surface area contributed by atoms with E-state index < -0.39 is 0 Å². The lowest BCUT2D eigenvalue weighted by Crippen LogP contribution is -2.35. The molecule has 0 aliphatic carbocycles. The van der Waals surface area contributed by atoms with Gasteiger partial charge in [-0.15, -0.1) is 0 Å². The molecule has 0 bridgehead atoms. The highest BCUT2D eigenvalue weighted by Crippen LogP contribution is 2.27. The summed E-state index contributed by atoms with van der Waals surface area (Å²) in [6, 6.07) is 5.61. The van der Waals surface area contributed by atoms with Crippen molar-refractivity contribution in [2.45, 2.75) is 38.6 Å². The number of rotatable bonds is 4. The van der Waals surface area contributed by atoms with Crippen LogP contribution in [0.1, 0.15) is 44.2 Å². The molecule has 1 aliphatic rings. The number of hydrogen-bond acceptors (Lipinski definition) is 3. The van der Waals surface area contributed by atoms with Crippen LogP contribution in [-0.4, -0.2) is 30.5 Å². The zero-order valence-corrected chi connectivity index (χ0v) is 14.1. The molecule has 5 heteroatoms. The van der Waals surface area contributed by atoms with Crippen LogP contribution in [0.3, 0.4) is 0 Å². The normalized spacial score (nSPS) is 17.2. The monoisotopic (exact) mass is 354 g/mol. The molecule has 0 spiro atoms. The fourth-order valence-corrected chi connectivity index (χ4v) is 2.90. The second-order valence-electron chi connectivity index (χ2n) is 5.55. The zero-order chi connectivity index (χ0) is 15.2. The van der Waals surface area contributed by atoms with E-state index in [0.29, 0.717) is 5.75 Å². The van der Waals surface area contributed by atoms with Crippen LogP contribution in [0.4, 0.5) is 0 Å². The number of carbonyl (C=O) groups excluding carboxylic acids is 1. The van der Waals surface area contributed by atoms with Crippen LogP contribution in [-0.2, 0) is 4.79 Å². The molecule has 1 aromatic carbocycles. The molecule has 2 rings (SSSR count). The Morgan fingerprint density at radius 2 is 2.00 bits per heavy atom. The van der Waals surface area contributed by atoms with Crippen molar-refractivity contribution in [2.75, 3.05) is 19.7 Å². The molecule has 1 saturated heterocycles. The SMILES string of the molecule is C[C@H](N)c1ccc(Br)cc1OCC(=O)N1CCCCCC1. The van der Waals surface area contributed by atoms with Gasteiger partial charge in [-0.05, 0) is 31.9 Å². The van der Waals surface area contributed by atoms with Crippen molar-refractivity contribution in [3.63, 3.8) is 0 Å². The number of likely N-dealkylation sites (tertiary alicyclic amines) is 1. The van der Waals surface area contributed by atoms with Gasteiger partial charge in [-0.2, -0.15) is 0 Å². The van der Waals surface area contributed by atoms with E-state index in [-0.39, 0.29) is 18.6 Å². The van der Waals surface area contributed by atoms with Gasteiger partial charge in [0.15, 0.2) is 6.61 Å². The van der Waals surface area contributed by atoms with E-state index in [0.717, 1.165) is 36.0 Å². The topological polar surface area (TPSA) is 55.6 Å². The second-order valence-corrected chi connectivity index (χ2v) is 6.47. The van der Waals surface area contributed by atoms with Crippen LogP contribution in [0.15, 0.2) is 22.7 Å². The van der Waals surface area contributed by atoms with Gasteiger partial charge in [0.25, 0.3) is 5.91 Å². The zero-order valence-electron chi connectivity index (χ0n) is 12.5. The van der Waals surface area contributed by atoms with Gasteiger partial charge in [-0.3, -0.25) is 4.79 Å². The second kappa shape index (κ2) is 7.80. The average Bonchev–Trinajstić information content (AvgIpc) is 2.73. The summed E-state index contributed by atoms with van der Waals surface area (Å²) in [5.41, 5.74) is 6.86. The number of carbonyl (C=O) groups is 1. The van der Waals surface area contributed by atoms with Gasteiger partial charge in [0.1, 0.15) is 5.75 Å². The third kappa shape index (κ3) is 4.71. The number of hydrogen-bond donors (Lipinski definition) is 1.